The van der Waals surface area contributed by atoms with Gasteiger partial charge in [-0.05, 0) is 0 Å². The summed E-state index contributed by atoms with van der Waals surface area (Å²) in [4.78, 5) is 21.7. The predicted molar refractivity (Wildman–Crippen MR) is 46.4 cm³/mol. The zero-order chi connectivity index (χ0) is 11.7. The van der Waals surface area contributed by atoms with Crippen LogP contribution < -0.4 is 74.6 Å². The minimum atomic E-state index is -1.33. The van der Waals surface area contributed by atoms with Gasteiger partial charge in [0.15, 0.2) is 0 Å². The second-order valence-electron chi connectivity index (χ2n) is 2.93. The SMILES string of the molecule is O=C([O-])CN(CCNCCO)CC(=O)[O-].[Na+].[Na+]. The molecule has 2 N–H and O–H groups in total. The monoisotopic (exact) mass is 264 g/mol. The van der Waals surface area contributed by atoms with E-state index < -0.39 is 25.0 Å². The molecule has 0 saturated carbocycles. The van der Waals surface area contributed by atoms with Crippen molar-refractivity contribution in [2.45, 2.75) is 0 Å². The van der Waals surface area contributed by atoms with E-state index in [1.54, 1.807) is 0 Å². The average Bonchev–Trinajstić information content (AvgIpc) is 2.10. The molecule has 0 aliphatic carbocycles. The van der Waals surface area contributed by atoms with Crippen molar-refractivity contribution in [1.29, 1.82) is 0 Å². The summed E-state index contributed by atoms with van der Waals surface area (Å²) in [5.74, 6) is -2.67. The third-order valence-corrected chi connectivity index (χ3v) is 1.60. The van der Waals surface area contributed by atoms with Gasteiger partial charge in [0, 0.05) is 32.7 Å². The molecule has 0 aromatic rings. The van der Waals surface area contributed by atoms with E-state index in [0.717, 1.165) is 0 Å². The molecule has 0 aromatic carbocycles. The summed E-state index contributed by atoms with van der Waals surface area (Å²) in [7, 11) is 0. The van der Waals surface area contributed by atoms with Gasteiger partial charge >= 0.3 is 59.1 Å². The second-order valence-corrected chi connectivity index (χ2v) is 2.93. The maximum absolute atomic E-state index is 10.3. The predicted octanol–water partition coefficient (Wildman–Crippen LogP) is -10.6. The van der Waals surface area contributed by atoms with Gasteiger partial charge in [0.2, 0.25) is 0 Å². The Balaban J connectivity index is -0.000000980. The molecule has 0 aromatic heterocycles. The van der Waals surface area contributed by atoms with Gasteiger partial charge < -0.3 is 30.2 Å². The van der Waals surface area contributed by atoms with Gasteiger partial charge in [-0.2, -0.15) is 0 Å². The molecule has 0 bridgehead atoms. The van der Waals surface area contributed by atoms with Crippen molar-refractivity contribution in [3.05, 3.63) is 0 Å². The molecule has 0 fully saturated rings. The Hall–Kier alpha value is 0.820. The first-order valence-electron chi connectivity index (χ1n) is 4.50. The van der Waals surface area contributed by atoms with Crippen LogP contribution in [0, 0.1) is 0 Å². The van der Waals surface area contributed by atoms with Crippen LogP contribution in [0.25, 0.3) is 0 Å². The normalized spacial score (nSPS) is 9.29. The summed E-state index contributed by atoms with van der Waals surface area (Å²) in [5, 5.41) is 31.7. The van der Waals surface area contributed by atoms with Crippen LogP contribution in [-0.4, -0.2) is 61.3 Å². The number of nitrogens with zero attached hydrogens (tertiary/aromatic N) is 1. The number of carbonyl (C=O) groups excluding carboxylic acids is 2. The van der Waals surface area contributed by atoms with E-state index in [2.05, 4.69) is 5.32 Å². The molecule has 88 valence electrons. The van der Waals surface area contributed by atoms with E-state index in [-0.39, 0.29) is 72.3 Å². The summed E-state index contributed by atoms with van der Waals surface area (Å²) in [6, 6.07) is 0. The number of aliphatic carboxylic acids is 2. The number of rotatable bonds is 9. The molecule has 0 radical (unpaired) electrons. The number of hydrogen-bond donors (Lipinski definition) is 2. The third kappa shape index (κ3) is 16.8. The smallest absolute Gasteiger partial charge is 0.549 e. The molecule has 0 spiro atoms. The Bertz CT molecular complexity index is 202. The zero-order valence-electron chi connectivity index (χ0n) is 10.3. The summed E-state index contributed by atoms with van der Waals surface area (Å²) < 4.78 is 0. The number of carboxylic acids is 2. The van der Waals surface area contributed by atoms with Crippen LogP contribution in [-0.2, 0) is 9.59 Å². The van der Waals surface area contributed by atoms with Gasteiger partial charge in [-0.1, -0.05) is 0 Å². The van der Waals surface area contributed by atoms with Crippen LogP contribution in [0.3, 0.4) is 0 Å². The first-order chi connectivity index (χ1) is 7.06. The Labute approximate surface area is 144 Å². The number of aliphatic hydroxyl groups excluding tert-OH is 1. The zero-order valence-corrected chi connectivity index (χ0v) is 14.3. The fraction of sp³-hybridized carbons (Fsp3) is 0.750. The number of carbonyl (C=O) groups is 2. The Morgan fingerprint density at radius 1 is 1.06 bits per heavy atom. The number of hydrogen-bond acceptors (Lipinski definition) is 7. The van der Waals surface area contributed by atoms with E-state index in [4.69, 9.17) is 5.11 Å². The minimum Gasteiger partial charge on any atom is -0.549 e. The maximum Gasteiger partial charge on any atom is 1.00 e. The van der Waals surface area contributed by atoms with Crippen LogP contribution in [0.2, 0.25) is 0 Å². The van der Waals surface area contributed by atoms with Gasteiger partial charge in [0.05, 0.1) is 18.5 Å². The average molecular weight is 264 g/mol. The van der Waals surface area contributed by atoms with Gasteiger partial charge in [-0.15, -0.1) is 0 Å². The molecular formula is C8H14N2Na2O5. The molecule has 0 atom stereocenters. The van der Waals surface area contributed by atoms with Crippen molar-refractivity contribution in [2.75, 3.05) is 39.3 Å². The summed E-state index contributed by atoms with van der Waals surface area (Å²) >= 11 is 0. The Morgan fingerprint density at radius 2 is 1.53 bits per heavy atom. The van der Waals surface area contributed by atoms with Gasteiger partial charge in [-0.25, -0.2) is 0 Å². The van der Waals surface area contributed by atoms with Gasteiger partial charge in [0.25, 0.3) is 0 Å². The Kier molecular flexibility index (Phi) is 20.1. The summed E-state index contributed by atoms with van der Waals surface area (Å²) in [6.45, 7) is 0.0815. The van der Waals surface area contributed by atoms with Crippen molar-refractivity contribution in [1.82, 2.24) is 10.2 Å². The largest absolute Gasteiger partial charge is 1.00 e. The van der Waals surface area contributed by atoms with Crippen LogP contribution >= 0.6 is 0 Å². The summed E-state index contributed by atoms with van der Waals surface area (Å²) in [6.07, 6.45) is 0. The van der Waals surface area contributed by atoms with E-state index in [1.807, 2.05) is 0 Å². The van der Waals surface area contributed by atoms with Crippen molar-refractivity contribution in [3.8, 4) is 0 Å². The fourth-order valence-corrected chi connectivity index (χ4v) is 1.02. The van der Waals surface area contributed by atoms with Crippen molar-refractivity contribution < 1.29 is 84.0 Å². The van der Waals surface area contributed by atoms with Crippen molar-refractivity contribution >= 4 is 11.9 Å². The molecule has 0 saturated heterocycles. The minimum absolute atomic E-state index is 0. The van der Waals surface area contributed by atoms with E-state index >= 15 is 0 Å². The maximum atomic E-state index is 10.3. The second kappa shape index (κ2) is 14.9. The Morgan fingerprint density at radius 3 is 1.88 bits per heavy atom. The van der Waals surface area contributed by atoms with Crippen LogP contribution in [0.4, 0.5) is 0 Å². The number of nitrogens with one attached hydrogen (secondary N) is 1. The molecule has 0 aliphatic rings. The van der Waals surface area contributed by atoms with Crippen LogP contribution in [0.5, 0.6) is 0 Å². The van der Waals surface area contributed by atoms with Crippen molar-refractivity contribution in [2.24, 2.45) is 0 Å². The van der Waals surface area contributed by atoms with Crippen LogP contribution in [0.15, 0.2) is 0 Å². The molecule has 0 unspecified atom stereocenters. The summed E-state index contributed by atoms with van der Waals surface area (Å²) in [5.41, 5.74) is 0. The van der Waals surface area contributed by atoms with Gasteiger partial charge in [-0.3, -0.25) is 4.90 Å². The van der Waals surface area contributed by atoms with Crippen LogP contribution in [0.1, 0.15) is 0 Å². The topological polar surface area (TPSA) is 116 Å². The standard InChI is InChI=1S/C8H16N2O5.2Na/c11-4-2-9-1-3-10(5-7(12)13)6-8(14)15;;/h9,11H,1-6H2,(H,12,13)(H,14,15);;/q;2*+1/p-2. The molecule has 0 rings (SSSR count). The fourth-order valence-electron chi connectivity index (χ4n) is 1.02. The first kappa shape index (κ1) is 23.0. The third-order valence-electron chi connectivity index (χ3n) is 1.60. The molecule has 7 nitrogen and oxygen atoms in total. The quantitative estimate of drug-likeness (QED) is 0.314. The molecule has 0 heterocycles. The van der Waals surface area contributed by atoms with E-state index in [1.165, 1.54) is 4.90 Å². The molecule has 9 heteroatoms. The molecule has 0 amide bonds. The van der Waals surface area contributed by atoms with Gasteiger partial charge in [0.1, 0.15) is 0 Å². The molecule has 0 aliphatic heterocycles. The number of carboxylic acid groups (broad SMARTS) is 2. The molecule has 17 heavy (non-hydrogen) atoms. The molecular weight excluding hydrogens is 250 g/mol. The van der Waals surface area contributed by atoms with E-state index in [9.17, 15) is 19.8 Å². The number of aliphatic hydroxyl groups is 1. The van der Waals surface area contributed by atoms with Crippen molar-refractivity contribution in [3.63, 3.8) is 0 Å². The van der Waals surface area contributed by atoms with E-state index in [0.29, 0.717) is 13.1 Å². The first-order valence-corrected chi connectivity index (χ1v) is 4.50.